The largest absolute Gasteiger partial charge is 0.336 e. The Kier molecular flexibility index (Phi) is 5.34. The van der Waals surface area contributed by atoms with Gasteiger partial charge in [-0.15, -0.1) is 0 Å². The summed E-state index contributed by atoms with van der Waals surface area (Å²) in [4.78, 5) is 49.9. The monoisotopic (exact) mass is 420 g/mol. The topological polar surface area (TPSA) is 86.4 Å². The summed E-state index contributed by atoms with van der Waals surface area (Å²) in [5.41, 5.74) is 2.24. The second-order valence-electron chi connectivity index (χ2n) is 8.92. The van der Waals surface area contributed by atoms with Crippen molar-refractivity contribution >= 4 is 11.8 Å². The Hall–Kier alpha value is -2.96. The molecule has 1 aromatic carbocycles. The number of nitrogens with zero attached hydrogens (tertiary/aromatic N) is 3. The zero-order chi connectivity index (χ0) is 21.4. The molecule has 0 radical (unpaired) electrons. The summed E-state index contributed by atoms with van der Waals surface area (Å²) in [6.45, 7) is 1.65. The number of H-pyrrole nitrogens is 1. The second kappa shape index (κ2) is 8.29. The lowest BCUT2D eigenvalue weighted by molar-refractivity contribution is -0.134. The SMILES string of the molecule is O=C(C1CC1)N1CCc2c(nc([C@@H]3CCCCN3C(=O)Cc3ccccc3)[nH]c2=O)C1. The minimum absolute atomic E-state index is 0.0572. The molecule has 3 heterocycles. The first-order valence-corrected chi connectivity index (χ1v) is 11.3. The summed E-state index contributed by atoms with van der Waals surface area (Å²) in [6.07, 6.45) is 5.55. The van der Waals surface area contributed by atoms with Crippen molar-refractivity contribution in [2.45, 2.75) is 57.5 Å². The molecule has 7 nitrogen and oxygen atoms in total. The van der Waals surface area contributed by atoms with Crippen LogP contribution in [0.5, 0.6) is 0 Å². The molecule has 2 amide bonds. The maximum absolute atomic E-state index is 13.1. The lowest BCUT2D eigenvalue weighted by atomic mass is 9.99. The van der Waals surface area contributed by atoms with Gasteiger partial charge in [0.05, 0.1) is 24.7 Å². The second-order valence-corrected chi connectivity index (χ2v) is 8.92. The average molecular weight is 421 g/mol. The number of likely N-dealkylation sites (tertiary alicyclic amines) is 1. The molecule has 5 rings (SSSR count). The highest BCUT2D eigenvalue weighted by atomic mass is 16.2. The minimum atomic E-state index is -0.225. The third-order valence-corrected chi connectivity index (χ3v) is 6.67. The molecule has 162 valence electrons. The number of benzene rings is 1. The third-order valence-electron chi connectivity index (χ3n) is 6.67. The van der Waals surface area contributed by atoms with Crippen LogP contribution in [0.15, 0.2) is 35.1 Å². The van der Waals surface area contributed by atoms with E-state index in [2.05, 4.69) is 4.98 Å². The lowest BCUT2D eigenvalue weighted by Gasteiger charge is -2.36. The Labute approximate surface area is 181 Å². The Morgan fingerprint density at radius 3 is 2.65 bits per heavy atom. The fraction of sp³-hybridized carbons (Fsp3) is 0.500. The number of rotatable bonds is 4. The van der Waals surface area contributed by atoms with E-state index in [0.717, 1.165) is 37.7 Å². The molecule has 1 saturated heterocycles. The summed E-state index contributed by atoms with van der Waals surface area (Å²) in [7, 11) is 0. The van der Waals surface area contributed by atoms with Crippen LogP contribution < -0.4 is 5.56 Å². The first-order chi connectivity index (χ1) is 15.1. The number of carbonyl (C=O) groups is 2. The molecule has 1 aromatic heterocycles. The highest BCUT2D eigenvalue weighted by Crippen LogP contribution is 2.33. The molecule has 2 aromatic rings. The predicted octanol–water partition coefficient (Wildman–Crippen LogP) is 2.36. The number of amides is 2. The number of carbonyl (C=O) groups excluding carboxylic acids is 2. The van der Waals surface area contributed by atoms with Crippen molar-refractivity contribution in [2.24, 2.45) is 5.92 Å². The van der Waals surface area contributed by atoms with Crippen LogP contribution in [-0.4, -0.2) is 44.7 Å². The summed E-state index contributed by atoms with van der Waals surface area (Å²) >= 11 is 0. The molecule has 1 N–H and O–H groups in total. The number of aromatic nitrogens is 2. The Bertz CT molecular complexity index is 1040. The maximum Gasteiger partial charge on any atom is 0.254 e. The van der Waals surface area contributed by atoms with Gasteiger partial charge in [0, 0.05) is 24.6 Å². The normalized spacial score (nSPS) is 21.0. The molecule has 0 unspecified atom stereocenters. The van der Waals surface area contributed by atoms with Crippen LogP contribution in [0.3, 0.4) is 0 Å². The van der Waals surface area contributed by atoms with Crippen molar-refractivity contribution in [2.75, 3.05) is 13.1 Å². The standard InChI is InChI=1S/C24H28N4O3/c29-21(14-16-6-2-1-3-7-16)28-12-5-4-8-20(28)22-25-19-15-27(24(31)17-9-10-17)13-11-18(19)23(30)26-22/h1-3,6-7,17,20H,4-5,8-15H2,(H,25,26,30)/t20-/m0/s1. The molecule has 2 fully saturated rings. The molecule has 0 bridgehead atoms. The molecule has 1 aliphatic carbocycles. The van der Waals surface area contributed by atoms with Crippen LogP contribution in [0.1, 0.15) is 60.8 Å². The van der Waals surface area contributed by atoms with E-state index in [1.165, 1.54) is 0 Å². The van der Waals surface area contributed by atoms with Crippen LogP contribution in [-0.2, 0) is 29.0 Å². The summed E-state index contributed by atoms with van der Waals surface area (Å²) in [6, 6.07) is 9.51. The van der Waals surface area contributed by atoms with Gasteiger partial charge in [-0.05, 0) is 44.1 Å². The van der Waals surface area contributed by atoms with Gasteiger partial charge in [0.2, 0.25) is 11.8 Å². The lowest BCUT2D eigenvalue weighted by Crippen LogP contribution is -2.43. The Morgan fingerprint density at radius 1 is 1.06 bits per heavy atom. The van der Waals surface area contributed by atoms with Crippen LogP contribution in [0.25, 0.3) is 0 Å². The molecule has 0 spiro atoms. The van der Waals surface area contributed by atoms with Crippen LogP contribution in [0, 0.1) is 5.92 Å². The predicted molar refractivity (Wildman–Crippen MR) is 115 cm³/mol. The first-order valence-electron chi connectivity index (χ1n) is 11.3. The molecular formula is C24H28N4O3. The van der Waals surface area contributed by atoms with E-state index in [0.29, 0.717) is 49.6 Å². The number of piperidine rings is 1. The first kappa shape index (κ1) is 20.0. The highest BCUT2D eigenvalue weighted by Gasteiger charge is 2.36. The quantitative estimate of drug-likeness (QED) is 0.823. The summed E-state index contributed by atoms with van der Waals surface area (Å²) in [5, 5.41) is 0. The van der Waals surface area contributed by atoms with Crippen molar-refractivity contribution in [3.05, 3.63) is 63.3 Å². The van der Waals surface area contributed by atoms with E-state index in [4.69, 9.17) is 4.98 Å². The average Bonchev–Trinajstić information content (AvgIpc) is 3.64. The van der Waals surface area contributed by atoms with Crippen molar-refractivity contribution < 1.29 is 9.59 Å². The van der Waals surface area contributed by atoms with Gasteiger partial charge >= 0.3 is 0 Å². The van der Waals surface area contributed by atoms with Crippen molar-refractivity contribution in [3.8, 4) is 0 Å². The van der Waals surface area contributed by atoms with Gasteiger partial charge in [-0.1, -0.05) is 30.3 Å². The number of fused-ring (bicyclic) bond motifs is 1. The van der Waals surface area contributed by atoms with Gasteiger partial charge in [0.1, 0.15) is 5.82 Å². The van der Waals surface area contributed by atoms with Gasteiger partial charge in [-0.2, -0.15) is 0 Å². The fourth-order valence-corrected chi connectivity index (χ4v) is 4.78. The molecule has 1 atom stereocenters. The molecular weight excluding hydrogens is 392 g/mol. The van der Waals surface area contributed by atoms with Gasteiger partial charge in [-0.3, -0.25) is 14.4 Å². The fourth-order valence-electron chi connectivity index (χ4n) is 4.78. The molecule has 1 saturated carbocycles. The zero-order valence-corrected chi connectivity index (χ0v) is 17.7. The zero-order valence-electron chi connectivity index (χ0n) is 17.7. The van der Waals surface area contributed by atoms with Gasteiger partial charge in [-0.25, -0.2) is 4.98 Å². The van der Waals surface area contributed by atoms with Crippen molar-refractivity contribution in [1.82, 2.24) is 19.8 Å². The van der Waals surface area contributed by atoms with Gasteiger partial charge in [0.15, 0.2) is 0 Å². The Morgan fingerprint density at radius 2 is 1.87 bits per heavy atom. The van der Waals surface area contributed by atoms with E-state index in [-0.39, 0.29) is 29.3 Å². The van der Waals surface area contributed by atoms with Crippen LogP contribution in [0.2, 0.25) is 0 Å². The maximum atomic E-state index is 13.1. The smallest absolute Gasteiger partial charge is 0.254 e. The van der Waals surface area contributed by atoms with E-state index < -0.39 is 0 Å². The minimum Gasteiger partial charge on any atom is -0.336 e. The summed E-state index contributed by atoms with van der Waals surface area (Å²) in [5.74, 6) is 0.964. The molecule has 2 aliphatic heterocycles. The van der Waals surface area contributed by atoms with E-state index >= 15 is 0 Å². The molecule has 3 aliphatic rings. The van der Waals surface area contributed by atoms with E-state index in [1.807, 2.05) is 40.1 Å². The number of aromatic amines is 1. The van der Waals surface area contributed by atoms with Crippen LogP contribution in [0.4, 0.5) is 0 Å². The molecule has 7 heteroatoms. The van der Waals surface area contributed by atoms with Crippen LogP contribution >= 0.6 is 0 Å². The number of hydrogen-bond donors (Lipinski definition) is 1. The summed E-state index contributed by atoms with van der Waals surface area (Å²) < 4.78 is 0. The van der Waals surface area contributed by atoms with Crippen molar-refractivity contribution in [3.63, 3.8) is 0 Å². The number of nitrogens with one attached hydrogen (secondary N) is 1. The van der Waals surface area contributed by atoms with Crippen molar-refractivity contribution in [1.29, 1.82) is 0 Å². The number of hydrogen-bond acceptors (Lipinski definition) is 4. The van der Waals surface area contributed by atoms with Gasteiger partial charge < -0.3 is 14.8 Å². The van der Waals surface area contributed by atoms with Gasteiger partial charge in [0.25, 0.3) is 5.56 Å². The third kappa shape index (κ3) is 4.13. The highest BCUT2D eigenvalue weighted by molar-refractivity contribution is 5.81. The molecule has 31 heavy (non-hydrogen) atoms. The Balaban J connectivity index is 1.39. The van der Waals surface area contributed by atoms with E-state index in [9.17, 15) is 14.4 Å². The van der Waals surface area contributed by atoms with E-state index in [1.54, 1.807) is 0 Å².